The molecule has 0 radical (unpaired) electrons. The van der Waals surface area contributed by atoms with Crippen molar-refractivity contribution < 1.29 is 9.59 Å². The number of nitrogens with one attached hydrogen (secondary N) is 1. The van der Waals surface area contributed by atoms with Crippen molar-refractivity contribution in [2.75, 3.05) is 12.0 Å². The Bertz CT molecular complexity index is 728. The third kappa shape index (κ3) is 1.74. The van der Waals surface area contributed by atoms with Gasteiger partial charge in [-0.25, -0.2) is 0 Å². The van der Waals surface area contributed by atoms with Gasteiger partial charge in [0.25, 0.3) is 0 Å². The molecule has 1 saturated heterocycles. The van der Waals surface area contributed by atoms with E-state index in [4.69, 9.17) is 0 Å². The Labute approximate surface area is 141 Å². The van der Waals surface area contributed by atoms with Crippen molar-refractivity contribution in [3.63, 3.8) is 0 Å². The van der Waals surface area contributed by atoms with Crippen LogP contribution in [0.3, 0.4) is 0 Å². The van der Waals surface area contributed by atoms with Gasteiger partial charge in [-0.3, -0.25) is 14.5 Å². The Morgan fingerprint density at radius 1 is 1.00 bits per heavy atom. The van der Waals surface area contributed by atoms with Crippen LogP contribution < -0.4 is 5.32 Å². The number of para-hydroxylation sites is 1. The van der Waals surface area contributed by atoms with E-state index in [1.807, 2.05) is 32.0 Å². The van der Waals surface area contributed by atoms with E-state index in [-0.39, 0.29) is 30.3 Å². The van der Waals surface area contributed by atoms with Crippen LogP contribution in [0.5, 0.6) is 0 Å². The number of amides is 2. The summed E-state index contributed by atoms with van der Waals surface area (Å²) in [7, 11) is 0. The van der Waals surface area contributed by atoms with Gasteiger partial charge in [-0.2, -0.15) is 0 Å². The Kier molecular flexibility index (Phi) is 2.80. The summed E-state index contributed by atoms with van der Waals surface area (Å²) in [5.41, 5.74) is 3.29. The Balaban J connectivity index is 1.39. The highest BCUT2D eigenvalue weighted by Crippen LogP contribution is 2.65. The topological polar surface area (TPSA) is 49.4 Å². The molecule has 1 aromatic carbocycles. The average molecular weight is 322 g/mol. The first-order valence-corrected chi connectivity index (χ1v) is 8.91. The molecule has 2 bridgehead atoms. The van der Waals surface area contributed by atoms with Gasteiger partial charge in [-0.1, -0.05) is 30.4 Å². The summed E-state index contributed by atoms with van der Waals surface area (Å²) in [5, 5.41) is 3.33. The van der Waals surface area contributed by atoms with E-state index in [0.29, 0.717) is 23.7 Å². The molecule has 1 heterocycles. The molecule has 4 nitrogen and oxygen atoms in total. The number of benzene rings is 1. The summed E-state index contributed by atoms with van der Waals surface area (Å²) in [6.45, 7) is 4.37. The van der Waals surface area contributed by atoms with Crippen molar-refractivity contribution in [2.24, 2.45) is 35.5 Å². The molecule has 4 heteroatoms. The summed E-state index contributed by atoms with van der Waals surface area (Å²) >= 11 is 0. The largest absolute Gasteiger partial charge is 0.367 e. The number of rotatable bonds is 3. The van der Waals surface area contributed by atoms with Crippen molar-refractivity contribution in [1.29, 1.82) is 0 Å². The lowest BCUT2D eigenvalue weighted by Gasteiger charge is -2.37. The van der Waals surface area contributed by atoms with Gasteiger partial charge in [0.05, 0.1) is 18.5 Å². The highest BCUT2D eigenvalue weighted by Gasteiger charge is 2.66. The molecule has 1 aromatic rings. The number of aryl methyl sites for hydroxylation is 2. The second-order valence-corrected chi connectivity index (χ2v) is 7.86. The second kappa shape index (κ2) is 4.71. The molecule has 0 spiro atoms. The molecule has 0 unspecified atom stereocenters. The summed E-state index contributed by atoms with van der Waals surface area (Å²) in [6, 6.07) is 6.10. The highest BCUT2D eigenvalue weighted by molar-refractivity contribution is 6.06. The van der Waals surface area contributed by atoms with Gasteiger partial charge in [0.2, 0.25) is 11.8 Å². The predicted molar refractivity (Wildman–Crippen MR) is 91.0 cm³/mol. The van der Waals surface area contributed by atoms with E-state index >= 15 is 0 Å². The lowest BCUT2D eigenvalue weighted by atomic mass is 9.63. The quantitative estimate of drug-likeness (QED) is 0.688. The van der Waals surface area contributed by atoms with Crippen LogP contribution in [0, 0.1) is 49.4 Å². The van der Waals surface area contributed by atoms with E-state index in [0.717, 1.165) is 16.8 Å². The summed E-state index contributed by atoms with van der Waals surface area (Å²) < 4.78 is 0. The number of hydrogen-bond donors (Lipinski definition) is 1. The molecule has 4 aliphatic carbocycles. The third-order valence-electron chi connectivity index (χ3n) is 6.65. The molecule has 24 heavy (non-hydrogen) atoms. The standard InChI is InChI=1S/C20H22N2O2/c1-10-4-3-5-11(2)18(10)21-9-22-19(23)16-12-6-7-13(15-8-14(12)15)17(16)20(22)24/h3-7,12-17,21H,8-9H2,1-2H3/t12-,13-,14+,15+,16+,17+/m1/s1. The minimum atomic E-state index is -0.101. The van der Waals surface area contributed by atoms with Gasteiger partial charge in [0.1, 0.15) is 0 Å². The molecule has 124 valence electrons. The van der Waals surface area contributed by atoms with Crippen LogP contribution in [0.1, 0.15) is 17.5 Å². The summed E-state index contributed by atoms with van der Waals surface area (Å²) in [5.74, 6) is 1.78. The Morgan fingerprint density at radius 2 is 1.54 bits per heavy atom. The number of anilines is 1. The van der Waals surface area contributed by atoms with Crippen LogP contribution in [-0.4, -0.2) is 23.4 Å². The number of carbonyl (C=O) groups excluding carboxylic acids is 2. The normalized spacial score (nSPS) is 38.3. The molecule has 3 fully saturated rings. The first-order chi connectivity index (χ1) is 11.6. The molecular weight excluding hydrogens is 300 g/mol. The van der Waals surface area contributed by atoms with Crippen LogP contribution in [0.4, 0.5) is 5.69 Å². The maximum Gasteiger partial charge on any atom is 0.235 e. The monoisotopic (exact) mass is 322 g/mol. The van der Waals surface area contributed by atoms with Gasteiger partial charge in [0.15, 0.2) is 0 Å². The number of nitrogens with zero attached hydrogens (tertiary/aromatic N) is 1. The highest BCUT2D eigenvalue weighted by atomic mass is 16.2. The molecule has 6 atom stereocenters. The van der Waals surface area contributed by atoms with E-state index in [9.17, 15) is 9.59 Å². The molecule has 5 aliphatic rings. The molecule has 1 aliphatic heterocycles. The van der Waals surface area contributed by atoms with Crippen molar-refractivity contribution in [3.8, 4) is 0 Å². The fourth-order valence-electron chi connectivity index (χ4n) is 5.43. The van der Waals surface area contributed by atoms with Gasteiger partial charge >= 0.3 is 0 Å². The van der Waals surface area contributed by atoms with E-state index in [1.54, 1.807) is 0 Å². The van der Waals surface area contributed by atoms with Crippen molar-refractivity contribution in [2.45, 2.75) is 20.3 Å². The number of imide groups is 1. The molecule has 0 aromatic heterocycles. The van der Waals surface area contributed by atoms with Crippen LogP contribution in [0.2, 0.25) is 0 Å². The Hall–Kier alpha value is -2.10. The average Bonchev–Trinajstić information content (AvgIpc) is 3.34. The lowest BCUT2D eigenvalue weighted by Crippen LogP contribution is -2.40. The number of carbonyl (C=O) groups is 2. The van der Waals surface area contributed by atoms with Crippen LogP contribution in [0.15, 0.2) is 30.4 Å². The number of likely N-dealkylation sites (tertiary alicyclic amines) is 1. The zero-order chi connectivity index (χ0) is 16.6. The maximum atomic E-state index is 12.9. The predicted octanol–water partition coefficient (Wildman–Crippen LogP) is 2.73. The van der Waals surface area contributed by atoms with Gasteiger partial charge in [-0.05, 0) is 55.1 Å². The fourth-order valence-corrected chi connectivity index (χ4v) is 5.43. The second-order valence-electron chi connectivity index (χ2n) is 7.86. The minimum absolute atomic E-state index is 0.0356. The van der Waals surface area contributed by atoms with Crippen molar-refractivity contribution >= 4 is 17.5 Å². The van der Waals surface area contributed by atoms with E-state index in [1.165, 1.54) is 11.3 Å². The summed E-state index contributed by atoms with van der Waals surface area (Å²) in [6.07, 6.45) is 5.64. The number of allylic oxidation sites excluding steroid dienone is 2. The first kappa shape index (κ1) is 14.3. The number of hydrogen-bond acceptors (Lipinski definition) is 3. The zero-order valence-corrected chi connectivity index (χ0v) is 14.0. The van der Waals surface area contributed by atoms with Crippen LogP contribution >= 0.6 is 0 Å². The lowest BCUT2D eigenvalue weighted by molar-refractivity contribution is -0.139. The van der Waals surface area contributed by atoms with E-state index in [2.05, 4.69) is 17.5 Å². The van der Waals surface area contributed by atoms with Crippen molar-refractivity contribution in [1.82, 2.24) is 4.90 Å². The SMILES string of the molecule is Cc1cccc(C)c1NCN1C(=O)[C@H]2[C@@H]3C=C[C@H]([C@@H]4C[C@@H]34)[C@@H]2C1=O. The minimum Gasteiger partial charge on any atom is -0.367 e. The van der Waals surface area contributed by atoms with Gasteiger partial charge in [-0.15, -0.1) is 0 Å². The molecule has 1 N–H and O–H groups in total. The van der Waals surface area contributed by atoms with Crippen LogP contribution in [0.25, 0.3) is 0 Å². The molecular formula is C20H22N2O2. The van der Waals surface area contributed by atoms with Gasteiger partial charge in [0, 0.05) is 5.69 Å². The fraction of sp³-hybridized carbons (Fsp3) is 0.500. The third-order valence-corrected chi connectivity index (χ3v) is 6.65. The maximum absolute atomic E-state index is 12.9. The van der Waals surface area contributed by atoms with Crippen LogP contribution in [-0.2, 0) is 9.59 Å². The van der Waals surface area contributed by atoms with E-state index < -0.39 is 0 Å². The smallest absolute Gasteiger partial charge is 0.235 e. The molecule has 2 amide bonds. The summed E-state index contributed by atoms with van der Waals surface area (Å²) in [4.78, 5) is 27.3. The Morgan fingerprint density at radius 3 is 2.08 bits per heavy atom. The molecule has 6 rings (SSSR count). The zero-order valence-electron chi connectivity index (χ0n) is 14.0. The van der Waals surface area contributed by atoms with Gasteiger partial charge < -0.3 is 5.32 Å². The first-order valence-electron chi connectivity index (χ1n) is 8.91. The molecule has 2 saturated carbocycles. The van der Waals surface area contributed by atoms with Crippen molar-refractivity contribution in [3.05, 3.63) is 41.5 Å².